The molecule has 7 heteroatoms. The number of carbonyl (C=O) groups is 1. The number of hydrogen-bond donors (Lipinski definition) is 1. The van der Waals surface area contributed by atoms with E-state index in [0.29, 0.717) is 11.4 Å². The van der Waals surface area contributed by atoms with Crippen molar-refractivity contribution < 1.29 is 9.53 Å². The summed E-state index contributed by atoms with van der Waals surface area (Å²) in [6, 6.07) is 4.01. The minimum absolute atomic E-state index is 0.0752. The summed E-state index contributed by atoms with van der Waals surface area (Å²) >= 11 is 3.11. The van der Waals surface area contributed by atoms with Crippen LogP contribution in [0.15, 0.2) is 23.7 Å². The summed E-state index contributed by atoms with van der Waals surface area (Å²) in [6.45, 7) is 3.60. The predicted molar refractivity (Wildman–Crippen MR) is 93.0 cm³/mol. The number of likely N-dealkylation sites (tertiary alicyclic amines) is 1. The van der Waals surface area contributed by atoms with E-state index in [1.54, 1.807) is 24.6 Å². The molecule has 1 atom stereocenters. The van der Waals surface area contributed by atoms with Crippen molar-refractivity contribution in [2.45, 2.75) is 25.5 Å². The van der Waals surface area contributed by atoms with Gasteiger partial charge in [-0.2, -0.15) is 0 Å². The zero-order valence-corrected chi connectivity index (χ0v) is 14.8. The molecular formula is C16H21N3O2S2. The molecule has 124 valence electrons. The quantitative estimate of drug-likeness (QED) is 0.833. The Morgan fingerprint density at radius 3 is 3.00 bits per heavy atom. The third-order valence-corrected chi connectivity index (χ3v) is 5.87. The van der Waals surface area contributed by atoms with Crippen LogP contribution < -0.4 is 5.32 Å². The summed E-state index contributed by atoms with van der Waals surface area (Å²) in [5.74, 6) is -0.0752. The molecule has 2 aromatic heterocycles. The van der Waals surface area contributed by atoms with E-state index in [0.717, 1.165) is 29.5 Å². The van der Waals surface area contributed by atoms with Gasteiger partial charge in [0.1, 0.15) is 16.0 Å². The van der Waals surface area contributed by atoms with Crippen LogP contribution in [0.25, 0.3) is 0 Å². The van der Waals surface area contributed by atoms with Gasteiger partial charge in [0.25, 0.3) is 5.91 Å². The normalized spacial score (nSPS) is 16.6. The molecule has 0 aliphatic carbocycles. The Kier molecular flexibility index (Phi) is 5.77. The zero-order chi connectivity index (χ0) is 16.1. The maximum atomic E-state index is 12.3. The lowest BCUT2D eigenvalue weighted by atomic mass is 10.3. The van der Waals surface area contributed by atoms with E-state index >= 15 is 0 Å². The zero-order valence-electron chi connectivity index (χ0n) is 13.2. The van der Waals surface area contributed by atoms with E-state index in [1.807, 2.05) is 17.5 Å². The van der Waals surface area contributed by atoms with E-state index in [2.05, 4.69) is 15.2 Å². The van der Waals surface area contributed by atoms with Gasteiger partial charge in [-0.3, -0.25) is 9.69 Å². The van der Waals surface area contributed by atoms with Crippen LogP contribution in [-0.4, -0.2) is 42.5 Å². The Morgan fingerprint density at radius 1 is 1.48 bits per heavy atom. The number of aromatic nitrogens is 1. The second kappa shape index (κ2) is 8.01. The largest absolute Gasteiger partial charge is 0.374 e. The van der Waals surface area contributed by atoms with E-state index in [-0.39, 0.29) is 12.0 Å². The third kappa shape index (κ3) is 4.38. The molecule has 5 nitrogen and oxygen atoms in total. The SMILES string of the molecule is CO[C@@H](CNC(=O)c1cnc(CN2CCCC2)s1)c1cccs1. The first kappa shape index (κ1) is 16.6. The van der Waals surface area contributed by atoms with Crippen LogP contribution in [0.4, 0.5) is 0 Å². The van der Waals surface area contributed by atoms with E-state index in [4.69, 9.17) is 4.74 Å². The number of thiophene rings is 1. The standard InChI is InChI=1S/C16H21N3O2S2/c1-21-12(13-5-4-8-22-13)9-18-16(20)14-10-17-15(23-14)11-19-6-2-3-7-19/h4-5,8,10,12H,2-3,6-7,9,11H2,1H3,(H,18,20)/t12-/m0/s1. The predicted octanol–water partition coefficient (Wildman–Crippen LogP) is 2.92. The van der Waals surface area contributed by atoms with E-state index in [9.17, 15) is 4.79 Å². The summed E-state index contributed by atoms with van der Waals surface area (Å²) in [7, 11) is 1.66. The number of nitrogens with one attached hydrogen (secondary N) is 1. The van der Waals surface area contributed by atoms with Gasteiger partial charge in [0.15, 0.2) is 0 Å². The molecule has 1 aliphatic rings. The smallest absolute Gasteiger partial charge is 0.263 e. The molecule has 1 aliphatic heterocycles. The lowest BCUT2D eigenvalue weighted by Gasteiger charge is -2.14. The number of thiazole rings is 1. The van der Waals surface area contributed by atoms with Gasteiger partial charge in [0, 0.05) is 18.5 Å². The molecule has 0 unspecified atom stereocenters. The van der Waals surface area contributed by atoms with Gasteiger partial charge in [-0.25, -0.2) is 4.98 Å². The van der Waals surface area contributed by atoms with Crippen molar-refractivity contribution in [3.8, 4) is 0 Å². The molecule has 0 spiro atoms. The molecule has 3 heterocycles. The van der Waals surface area contributed by atoms with Crippen molar-refractivity contribution in [3.63, 3.8) is 0 Å². The maximum absolute atomic E-state index is 12.3. The van der Waals surface area contributed by atoms with Crippen molar-refractivity contribution in [3.05, 3.63) is 38.5 Å². The average molecular weight is 351 g/mol. The Hall–Kier alpha value is -1.28. The Balaban J connectivity index is 1.52. The van der Waals surface area contributed by atoms with Crippen LogP contribution in [0.1, 0.15) is 38.5 Å². The number of methoxy groups -OCH3 is 1. The van der Waals surface area contributed by atoms with Crippen LogP contribution in [0, 0.1) is 0 Å². The number of carbonyl (C=O) groups excluding carboxylic acids is 1. The van der Waals surface area contributed by atoms with E-state index < -0.39 is 0 Å². The van der Waals surface area contributed by atoms with Gasteiger partial charge >= 0.3 is 0 Å². The summed E-state index contributed by atoms with van der Waals surface area (Å²) in [4.78, 5) is 20.8. The van der Waals surface area contributed by atoms with E-state index in [1.165, 1.54) is 24.2 Å². The lowest BCUT2D eigenvalue weighted by Crippen LogP contribution is -2.28. The fourth-order valence-corrected chi connectivity index (χ4v) is 4.35. The first-order chi connectivity index (χ1) is 11.3. The van der Waals surface area contributed by atoms with Gasteiger partial charge < -0.3 is 10.1 Å². The fourth-order valence-electron chi connectivity index (χ4n) is 2.67. The minimum atomic E-state index is -0.101. The summed E-state index contributed by atoms with van der Waals surface area (Å²) in [5, 5.41) is 5.97. The van der Waals surface area contributed by atoms with Gasteiger partial charge in [-0.1, -0.05) is 6.07 Å². The highest BCUT2D eigenvalue weighted by atomic mass is 32.1. The molecule has 23 heavy (non-hydrogen) atoms. The van der Waals surface area contributed by atoms with Gasteiger partial charge in [-0.15, -0.1) is 22.7 Å². The monoisotopic (exact) mass is 351 g/mol. The van der Waals surface area contributed by atoms with Crippen molar-refractivity contribution in [2.75, 3.05) is 26.7 Å². The first-order valence-electron chi connectivity index (χ1n) is 7.77. The van der Waals surface area contributed by atoms with Crippen LogP contribution in [0.2, 0.25) is 0 Å². The Labute approximate surface area is 144 Å². The highest BCUT2D eigenvalue weighted by molar-refractivity contribution is 7.13. The Morgan fingerprint density at radius 2 is 2.30 bits per heavy atom. The van der Waals surface area contributed by atoms with Crippen LogP contribution in [0.3, 0.4) is 0 Å². The molecule has 3 rings (SSSR count). The highest BCUT2D eigenvalue weighted by Crippen LogP contribution is 2.22. The average Bonchev–Trinajstić information content (AvgIpc) is 3.30. The van der Waals surface area contributed by atoms with Crippen molar-refractivity contribution in [2.24, 2.45) is 0 Å². The van der Waals surface area contributed by atoms with Crippen molar-refractivity contribution in [1.82, 2.24) is 15.2 Å². The lowest BCUT2D eigenvalue weighted by molar-refractivity contribution is 0.0840. The molecule has 1 fully saturated rings. The maximum Gasteiger partial charge on any atom is 0.263 e. The molecule has 2 aromatic rings. The summed E-state index contributed by atoms with van der Waals surface area (Å²) in [6.07, 6.45) is 4.11. The summed E-state index contributed by atoms with van der Waals surface area (Å²) in [5.41, 5.74) is 0. The first-order valence-corrected chi connectivity index (χ1v) is 9.47. The number of rotatable bonds is 7. The fraction of sp³-hybridized carbons (Fsp3) is 0.500. The Bertz CT molecular complexity index is 621. The number of hydrogen-bond acceptors (Lipinski definition) is 6. The highest BCUT2D eigenvalue weighted by Gasteiger charge is 2.17. The van der Waals surface area contributed by atoms with Crippen LogP contribution in [0.5, 0.6) is 0 Å². The van der Waals surface area contributed by atoms with Gasteiger partial charge in [0.2, 0.25) is 0 Å². The van der Waals surface area contributed by atoms with Gasteiger partial charge in [-0.05, 0) is 37.4 Å². The summed E-state index contributed by atoms with van der Waals surface area (Å²) < 4.78 is 5.45. The molecular weight excluding hydrogens is 330 g/mol. The molecule has 0 radical (unpaired) electrons. The van der Waals surface area contributed by atoms with Crippen LogP contribution in [-0.2, 0) is 11.3 Å². The van der Waals surface area contributed by atoms with Crippen LogP contribution >= 0.6 is 22.7 Å². The topological polar surface area (TPSA) is 54.5 Å². The molecule has 0 aromatic carbocycles. The number of nitrogens with zero attached hydrogens (tertiary/aromatic N) is 2. The minimum Gasteiger partial charge on any atom is -0.374 e. The molecule has 1 amide bonds. The van der Waals surface area contributed by atoms with Crippen molar-refractivity contribution in [1.29, 1.82) is 0 Å². The molecule has 1 N–H and O–H groups in total. The van der Waals surface area contributed by atoms with Gasteiger partial charge in [0.05, 0.1) is 12.7 Å². The molecule has 0 bridgehead atoms. The second-order valence-electron chi connectivity index (χ2n) is 5.55. The molecule has 0 saturated carbocycles. The molecule has 1 saturated heterocycles. The number of amides is 1. The second-order valence-corrected chi connectivity index (χ2v) is 7.65. The van der Waals surface area contributed by atoms with Crippen molar-refractivity contribution >= 4 is 28.6 Å². The third-order valence-electron chi connectivity index (χ3n) is 3.93. The number of ether oxygens (including phenoxy) is 1.